The zero-order valence-corrected chi connectivity index (χ0v) is 49.2. The molecule has 0 unspecified atom stereocenters. The Labute approximate surface area is 493 Å². The van der Waals surface area contributed by atoms with Crippen molar-refractivity contribution < 1.29 is 133 Å². The maximum absolute atomic E-state index is 12.7. The summed E-state index contributed by atoms with van der Waals surface area (Å²) in [4.78, 5) is 12.6. The van der Waals surface area contributed by atoms with E-state index in [1.807, 2.05) is 6.92 Å². The highest BCUT2D eigenvalue weighted by molar-refractivity contribution is 5.59. The van der Waals surface area contributed by atoms with E-state index < -0.39 is 208 Å². The summed E-state index contributed by atoms with van der Waals surface area (Å²) in [5.74, 6) is 0.317. The van der Waals surface area contributed by atoms with Crippen molar-refractivity contribution in [3.8, 4) is 0 Å². The Morgan fingerprint density at radius 2 is 1.05 bits per heavy atom. The van der Waals surface area contributed by atoms with Crippen molar-refractivity contribution in [1.29, 1.82) is 0 Å². The molecule has 27 nitrogen and oxygen atoms in total. The van der Waals surface area contributed by atoms with E-state index >= 15 is 0 Å². The van der Waals surface area contributed by atoms with Gasteiger partial charge in [0.25, 0.3) is 0 Å². The quantitative estimate of drug-likeness (QED) is 0.0581. The molecule has 0 aromatic heterocycles. The van der Waals surface area contributed by atoms with Crippen molar-refractivity contribution in [3.63, 3.8) is 0 Å². The van der Waals surface area contributed by atoms with Crippen LogP contribution in [0.25, 0.3) is 0 Å². The second-order valence-corrected chi connectivity index (χ2v) is 28.6. The summed E-state index contributed by atoms with van der Waals surface area (Å²) in [6.07, 6.45) is -34.0. The predicted octanol–water partition coefficient (Wildman–Crippen LogP) is -4.07. The summed E-state index contributed by atoms with van der Waals surface area (Å²) in [6.45, 7) is 10.3. The lowest BCUT2D eigenvalue weighted by Crippen LogP contribution is -2.74. The number of aliphatic hydroxyl groups is 15. The van der Waals surface area contributed by atoms with Crippen LogP contribution < -0.4 is 0 Å². The van der Waals surface area contributed by atoms with Gasteiger partial charge in [-0.25, -0.2) is 0 Å². The van der Waals surface area contributed by atoms with Gasteiger partial charge in [-0.2, -0.15) is 0 Å². The predicted molar refractivity (Wildman–Crippen MR) is 283 cm³/mol. The maximum atomic E-state index is 12.7. The Bertz CT molecular complexity index is 2340. The molecule has 5 saturated carbocycles. The van der Waals surface area contributed by atoms with Gasteiger partial charge in [0, 0.05) is 16.2 Å². The molecule has 488 valence electrons. The topological polar surface area (TPSA) is 422 Å². The molecule has 6 heterocycles. The largest absolute Gasteiger partial charge is 0.394 e. The van der Waals surface area contributed by atoms with E-state index in [0.29, 0.717) is 32.3 Å². The van der Waals surface area contributed by atoms with Crippen molar-refractivity contribution in [2.45, 2.75) is 265 Å². The van der Waals surface area contributed by atoms with E-state index in [-0.39, 0.29) is 34.0 Å². The molecule has 6 saturated heterocycles. The highest BCUT2D eigenvalue weighted by Crippen LogP contribution is 2.80. The Balaban J connectivity index is 0.868. The monoisotopic (exact) mass is 1220 g/mol. The van der Waals surface area contributed by atoms with E-state index in [9.17, 15) is 81.4 Å². The van der Waals surface area contributed by atoms with Crippen LogP contribution in [-0.4, -0.2) is 282 Å². The lowest BCUT2D eigenvalue weighted by atomic mass is 9.30. The Hall–Kier alpha value is -1.37. The standard InChI is InChI=1S/C58H94O27/c1-52(2)29-7-11-55(5)30(8-12-58-31-15-53(3,22-62)13-14-57(31,23-77-58)32(64)16-56(55,58)6)54(29,4)10-9-33(52)82-50-45(84-49-43(74)40(71)36(67)26(18-60)79-49)38(69)28(21-76-50)81-51-46(85-47-41(72)34(65)24(63)20-75-47)44(37(68)27(19-61)80-51)83-48-42(73)39(70)35(66)25(17-59)78-48/h22,24-51,59-61,63-74H,7-21,23H2,1-6H3/t24-,25-,26-,27-,28-,29+,30-,31-,32-,33+,34+,35-,36-,37-,38+,39+,40+,41-,42-,43-,44+,45-,46-,47+,48+,49+,50+,51+,53+,54+,55-,56+,57-,58+/m1/s1. The second kappa shape index (κ2) is 23.6. The van der Waals surface area contributed by atoms with Gasteiger partial charge < -0.3 is 133 Å². The number of aldehydes is 1. The first-order valence-electron chi connectivity index (χ1n) is 30.6. The molecule has 34 atom stereocenters. The number of hydrogen-bond donors (Lipinski definition) is 15. The highest BCUT2D eigenvalue weighted by atomic mass is 16.8. The van der Waals surface area contributed by atoms with Crippen molar-refractivity contribution in [1.82, 2.24) is 0 Å². The lowest BCUT2D eigenvalue weighted by Gasteiger charge is -2.75. The molecule has 0 aromatic carbocycles. The zero-order chi connectivity index (χ0) is 61.5. The lowest BCUT2D eigenvalue weighted by molar-refractivity contribution is -0.404. The average Bonchev–Trinajstić information content (AvgIpc) is 1.63. The molecule has 5 aliphatic carbocycles. The zero-order valence-electron chi connectivity index (χ0n) is 49.2. The third-order valence-electron chi connectivity index (χ3n) is 24.1. The van der Waals surface area contributed by atoms with Gasteiger partial charge in [0.15, 0.2) is 31.5 Å². The van der Waals surface area contributed by atoms with Crippen LogP contribution in [-0.2, 0) is 56.9 Å². The van der Waals surface area contributed by atoms with Crippen LogP contribution in [0.15, 0.2) is 0 Å². The van der Waals surface area contributed by atoms with Crippen molar-refractivity contribution in [2.24, 2.45) is 50.2 Å². The van der Waals surface area contributed by atoms with Crippen molar-refractivity contribution in [2.75, 3.05) is 39.6 Å². The van der Waals surface area contributed by atoms with Gasteiger partial charge in [0.1, 0.15) is 116 Å². The van der Waals surface area contributed by atoms with E-state index in [1.54, 1.807) is 0 Å². The van der Waals surface area contributed by atoms with Gasteiger partial charge in [0.2, 0.25) is 0 Å². The average molecular weight is 1220 g/mol. The third-order valence-corrected chi connectivity index (χ3v) is 24.1. The summed E-state index contributed by atoms with van der Waals surface area (Å²) >= 11 is 0. The first-order chi connectivity index (χ1) is 40.0. The first kappa shape index (κ1) is 65.1. The van der Waals surface area contributed by atoms with Crippen LogP contribution in [0.1, 0.15) is 106 Å². The SMILES string of the molecule is CC1(C)[C@@H](O[C@@H]2OC[C@@H](O[C@@H]3O[C@H](CO)[C@@H](O)[C@H](O[C@@H]4O[C@H](CO)[C@@H](O)[C@H](O)[C@H]4O)[C@H]3O[C@@H]3OC[C@@H](O)[C@H](O)[C@H]3O)[C@H](O)[C@H]2O[C@@H]2O[C@H](CO)[C@@H](O)[C@H](O)[C@H]2O)CC[C@]2(C)[C@H]3CC[C@]45OC[C@@]6(CC[C@](C)(C=O)C[C@H]64)[C@H](O)C[C@@]5(C)[C@]3(C)CC[C@@H]12. The molecule has 0 aromatic rings. The minimum absolute atomic E-state index is 0.0397. The summed E-state index contributed by atoms with van der Waals surface area (Å²) in [5, 5.41) is 165. The summed E-state index contributed by atoms with van der Waals surface area (Å²) < 4.78 is 68.6. The molecule has 6 aliphatic heterocycles. The number of carbonyl (C=O) groups excluding carboxylic acids is 1. The minimum Gasteiger partial charge on any atom is -0.394 e. The Morgan fingerprint density at radius 1 is 0.482 bits per heavy atom. The number of rotatable bonds is 14. The maximum Gasteiger partial charge on any atom is 0.187 e. The van der Waals surface area contributed by atoms with Gasteiger partial charge in [-0.05, 0) is 98.2 Å². The second-order valence-electron chi connectivity index (χ2n) is 28.6. The van der Waals surface area contributed by atoms with E-state index in [0.717, 1.165) is 44.8 Å². The van der Waals surface area contributed by atoms with Crippen LogP contribution in [0.2, 0.25) is 0 Å². The number of hydrogen-bond acceptors (Lipinski definition) is 27. The smallest absolute Gasteiger partial charge is 0.187 e. The summed E-state index contributed by atoms with van der Waals surface area (Å²) in [6, 6.07) is 0. The van der Waals surface area contributed by atoms with Crippen LogP contribution in [0, 0.1) is 50.2 Å². The first-order valence-corrected chi connectivity index (χ1v) is 30.6. The fourth-order valence-corrected chi connectivity index (χ4v) is 18.9. The van der Waals surface area contributed by atoms with Crippen LogP contribution >= 0.6 is 0 Å². The fraction of sp³-hybridized carbons (Fsp3) is 0.983. The Morgan fingerprint density at radius 3 is 1.67 bits per heavy atom. The van der Waals surface area contributed by atoms with Crippen LogP contribution in [0.4, 0.5) is 0 Å². The van der Waals surface area contributed by atoms with Crippen LogP contribution in [0.5, 0.6) is 0 Å². The molecule has 11 fully saturated rings. The fourth-order valence-electron chi connectivity index (χ4n) is 18.9. The molecular weight excluding hydrogens is 1130 g/mol. The molecule has 2 bridgehead atoms. The molecule has 1 spiro atoms. The van der Waals surface area contributed by atoms with E-state index in [1.165, 1.54) is 0 Å². The number of fused-ring (bicyclic) bond motifs is 4. The van der Waals surface area contributed by atoms with Gasteiger partial charge >= 0.3 is 0 Å². The van der Waals surface area contributed by atoms with Gasteiger partial charge in [-0.3, -0.25) is 0 Å². The summed E-state index contributed by atoms with van der Waals surface area (Å²) in [5.41, 5.74) is -2.88. The number of carbonyl (C=O) groups is 1. The number of ether oxygens (including phenoxy) is 11. The van der Waals surface area contributed by atoms with Gasteiger partial charge in [-0.1, -0.05) is 41.5 Å². The molecule has 11 rings (SSSR count). The van der Waals surface area contributed by atoms with Gasteiger partial charge in [0.05, 0.1) is 57.5 Å². The highest BCUT2D eigenvalue weighted by Gasteiger charge is 2.80. The molecule has 27 heteroatoms. The van der Waals surface area contributed by atoms with Crippen molar-refractivity contribution in [3.05, 3.63) is 0 Å². The normalized spacial score (nSPS) is 57.6. The third kappa shape index (κ3) is 10.2. The number of aliphatic hydroxyl groups excluding tert-OH is 15. The Kier molecular flexibility index (Phi) is 18.1. The molecule has 11 aliphatic rings. The molecule has 85 heavy (non-hydrogen) atoms. The molecule has 15 N–H and O–H groups in total. The molecule has 0 amide bonds. The van der Waals surface area contributed by atoms with E-state index in [2.05, 4.69) is 34.6 Å². The van der Waals surface area contributed by atoms with Gasteiger partial charge in [-0.15, -0.1) is 0 Å². The molecule has 0 radical (unpaired) electrons. The van der Waals surface area contributed by atoms with Crippen molar-refractivity contribution >= 4 is 6.29 Å². The summed E-state index contributed by atoms with van der Waals surface area (Å²) in [7, 11) is 0. The molecular formula is C58H94O27. The minimum atomic E-state index is -2.03. The van der Waals surface area contributed by atoms with Crippen LogP contribution in [0.3, 0.4) is 0 Å². The van der Waals surface area contributed by atoms with E-state index in [4.69, 9.17) is 52.1 Å².